The summed E-state index contributed by atoms with van der Waals surface area (Å²) in [4.78, 5) is 8.67. The molecule has 0 saturated carbocycles. The molecule has 2 aromatic rings. The van der Waals surface area contributed by atoms with Crippen molar-refractivity contribution in [3.63, 3.8) is 0 Å². The Kier molecular flexibility index (Phi) is 3.22. The molecular formula is C11H11F3N4. The fourth-order valence-corrected chi connectivity index (χ4v) is 1.54. The molecule has 0 amide bonds. The van der Waals surface area contributed by atoms with Gasteiger partial charge in [0.1, 0.15) is 5.82 Å². The smallest absolute Gasteiger partial charge is 0.251 e. The number of anilines is 1. The van der Waals surface area contributed by atoms with Gasteiger partial charge in [0, 0.05) is 32.6 Å². The van der Waals surface area contributed by atoms with Crippen LogP contribution >= 0.6 is 0 Å². The first kappa shape index (κ1) is 12.4. The SMILES string of the molecule is CN(Cc1nccn1C)c1nc(F)c(F)cc1F. The molecule has 18 heavy (non-hydrogen) atoms. The Morgan fingerprint density at radius 3 is 2.61 bits per heavy atom. The number of imidazole rings is 1. The second-order valence-corrected chi connectivity index (χ2v) is 3.88. The zero-order chi connectivity index (χ0) is 13.3. The fourth-order valence-electron chi connectivity index (χ4n) is 1.54. The van der Waals surface area contributed by atoms with Crippen LogP contribution in [0.1, 0.15) is 5.82 Å². The van der Waals surface area contributed by atoms with Crippen molar-refractivity contribution in [3.05, 3.63) is 41.9 Å². The first-order chi connectivity index (χ1) is 8.49. The van der Waals surface area contributed by atoms with Gasteiger partial charge in [0.15, 0.2) is 17.5 Å². The van der Waals surface area contributed by atoms with Crippen LogP contribution in [0.5, 0.6) is 0 Å². The van der Waals surface area contributed by atoms with E-state index in [1.165, 1.54) is 11.9 Å². The Balaban J connectivity index is 2.26. The van der Waals surface area contributed by atoms with Crippen molar-refractivity contribution in [2.24, 2.45) is 7.05 Å². The predicted molar refractivity (Wildman–Crippen MR) is 59.4 cm³/mol. The maximum atomic E-state index is 13.5. The molecule has 0 aromatic carbocycles. The van der Waals surface area contributed by atoms with E-state index in [0.717, 1.165) is 0 Å². The van der Waals surface area contributed by atoms with Crippen molar-refractivity contribution in [1.82, 2.24) is 14.5 Å². The molecule has 2 aromatic heterocycles. The molecule has 0 bridgehead atoms. The summed E-state index contributed by atoms with van der Waals surface area (Å²) in [6, 6.07) is 0.479. The van der Waals surface area contributed by atoms with Crippen molar-refractivity contribution in [2.45, 2.75) is 6.54 Å². The minimum absolute atomic E-state index is 0.235. The molecule has 2 heterocycles. The minimum Gasteiger partial charge on any atom is -0.350 e. The normalized spacial score (nSPS) is 10.7. The summed E-state index contributed by atoms with van der Waals surface area (Å²) < 4.78 is 40.9. The lowest BCUT2D eigenvalue weighted by atomic mass is 10.4. The summed E-state index contributed by atoms with van der Waals surface area (Å²) in [6.07, 6.45) is 3.33. The van der Waals surface area contributed by atoms with Gasteiger partial charge in [0.05, 0.1) is 6.54 Å². The summed E-state index contributed by atoms with van der Waals surface area (Å²) in [7, 11) is 3.31. The van der Waals surface area contributed by atoms with Gasteiger partial charge in [-0.2, -0.15) is 9.37 Å². The number of aryl methyl sites for hydroxylation is 1. The Morgan fingerprint density at radius 1 is 1.28 bits per heavy atom. The molecule has 0 atom stereocenters. The molecule has 0 fully saturated rings. The predicted octanol–water partition coefficient (Wildman–Crippen LogP) is 1.87. The third-order valence-corrected chi connectivity index (χ3v) is 2.53. The lowest BCUT2D eigenvalue weighted by molar-refractivity contribution is 0.463. The molecule has 0 saturated heterocycles. The average Bonchev–Trinajstić information content (AvgIpc) is 2.69. The van der Waals surface area contributed by atoms with Crippen LogP contribution in [0.2, 0.25) is 0 Å². The van der Waals surface area contributed by atoms with E-state index in [1.54, 1.807) is 24.0 Å². The lowest BCUT2D eigenvalue weighted by Gasteiger charge is -2.18. The second kappa shape index (κ2) is 4.67. The van der Waals surface area contributed by atoms with Gasteiger partial charge in [-0.25, -0.2) is 13.8 Å². The van der Waals surface area contributed by atoms with Crippen molar-refractivity contribution in [1.29, 1.82) is 0 Å². The summed E-state index contributed by atoms with van der Waals surface area (Å²) in [5.74, 6) is -3.13. The number of rotatable bonds is 3. The van der Waals surface area contributed by atoms with Gasteiger partial charge in [-0.15, -0.1) is 0 Å². The quantitative estimate of drug-likeness (QED) is 0.786. The van der Waals surface area contributed by atoms with E-state index < -0.39 is 17.6 Å². The highest BCUT2D eigenvalue weighted by Gasteiger charge is 2.16. The van der Waals surface area contributed by atoms with Crippen LogP contribution < -0.4 is 4.90 Å². The van der Waals surface area contributed by atoms with Gasteiger partial charge in [0.25, 0.3) is 5.95 Å². The zero-order valence-electron chi connectivity index (χ0n) is 9.86. The maximum Gasteiger partial charge on any atom is 0.251 e. The first-order valence-electron chi connectivity index (χ1n) is 5.18. The number of pyridine rings is 1. The first-order valence-corrected chi connectivity index (χ1v) is 5.18. The second-order valence-electron chi connectivity index (χ2n) is 3.88. The minimum atomic E-state index is -1.32. The standard InChI is InChI=1S/C11H11F3N4/c1-17-4-3-15-9(17)6-18(2)11-8(13)5-7(12)10(14)16-11/h3-5H,6H2,1-2H3. The Bertz CT molecular complexity index is 567. The monoisotopic (exact) mass is 256 g/mol. The molecule has 0 radical (unpaired) electrons. The molecule has 96 valence electrons. The third-order valence-electron chi connectivity index (χ3n) is 2.53. The van der Waals surface area contributed by atoms with E-state index in [9.17, 15) is 13.2 Å². The highest BCUT2D eigenvalue weighted by molar-refractivity contribution is 5.39. The highest BCUT2D eigenvalue weighted by Crippen LogP contribution is 2.18. The molecule has 0 N–H and O–H groups in total. The van der Waals surface area contributed by atoms with Crippen molar-refractivity contribution in [3.8, 4) is 0 Å². The largest absolute Gasteiger partial charge is 0.350 e. The van der Waals surface area contributed by atoms with Crippen molar-refractivity contribution in [2.75, 3.05) is 11.9 Å². The third kappa shape index (κ3) is 2.29. The molecule has 0 unspecified atom stereocenters. The van der Waals surface area contributed by atoms with Crippen molar-refractivity contribution < 1.29 is 13.2 Å². The number of aromatic nitrogens is 3. The van der Waals surface area contributed by atoms with E-state index >= 15 is 0 Å². The molecule has 4 nitrogen and oxygen atoms in total. The van der Waals surface area contributed by atoms with Crippen LogP contribution in [0.15, 0.2) is 18.5 Å². The molecule has 0 aliphatic heterocycles. The Hall–Kier alpha value is -2.05. The topological polar surface area (TPSA) is 34.0 Å². The fraction of sp³-hybridized carbons (Fsp3) is 0.273. The van der Waals surface area contributed by atoms with Gasteiger partial charge in [-0.1, -0.05) is 0 Å². The number of halogens is 3. The van der Waals surface area contributed by atoms with Gasteiger partial charge in [-0.3, -0.25) is 0 Å². The van der Waals surface area contributed by atoms with Crippen LogP contribution in [-0.4, -0.2) is 21.6 Å². The number of nitrogens with zero attached hydrogens (tertiary/aromatic N) is 4. The van der Waals surface area contributed by atoms with Crippen LogP contribution in [0.4, 0.5) is 19.0 Å². The van der Waals surface area contributed by atoms with Gasteiger partial charge in [-0.05, 0) is 0 Å². The molecule has 7 heteroatoms. The molecule has 2 rings (SSSR count). The highest BCUT2D eigenvalue weighted by atomic mass is 19.2. The van der Waals surface area contributed by atoms with E-state index in [1.807, 2.05) is 0 Å². The summed E-state index contributed by atoms with van der Waals surface area (Å²) in [5, 5.41) is 0. The molecule has 0 aliphatic carbocycles. The van der Waals surface area contributed by atoms with Crippen LogP contribution in [0, 0.1) is 17.6 Å². The van der Waals surface area contributed by atoms with Crippen LogP contribution in [-0.2, 0) is 13.6 Å². The Labute approximate surface area is 102 Å². The van der Waals surface area contributed by atoms with E-state index in [4.69, 9.17) is 0 Å². The van der Waals surface area contributed by atoms with Crippen LogP contribution in [0.3, 0.4) is 0 Å². The van der Waals surface area contributed by atoms with E-state index in [-0.39, 0.29) is 12.4 Å². The van der Waals surface area contributed by atoms with E-state index in [2.05, 4.69) is 9.97 Å². The lowest BCUT2D eigenvalue weighted by Crippen LogP contribution is -2.22. The van der Waals surface area contributed by atoms with Crippen LogP contribution in [0.25, 0.3) is 0 Å². The summed E-state index contributed by atoms with van der Waals surface area (Å²) in [5.41, 5.74) is 0. The molecule has 0 spiro atoms. The van der Waals surface area contributed by atoms with E-state index in [0.29, 0.717) is 11.9 Å². The van der Waals surface area contributed by atoms with Crippen molar-refractivity contribution >= 4 is 5.82 Å². The molecule has 0 aliphatic rings. The van der Waals surface area contributed by atoms with Gasteiger partial charge < -0.3 is 9.47 Å². The summed E-state index contributed by atoms with van der Waals surface area (Å²) >= 11 is 0. The Morgan fingerprint density at radius 2 is 2.00 bits per heavy atom. The number of hydrogen-bond donors (Lipinski definition) is 0. The zero-order valence-corrected chi connectivity index (χ0v) is 9.86. The number of hydrogen-bond acceptors (Lipinski definition) is 3. The average molecular weight is 256 g/mol. The maximum absolute atomic E-state index is 13.5. The van der Waals surface area contributed by atoms with Gasteiger partial charge >= 0.3 is 0 Å². The molecular weight excluding hydrogens is 245 g/mol. The van der Waals surface area contributed by atoms with Gasteiger partial charge in [0.2, 0.25) is 0 Å². The summed E-state index contributed by atoms with van der Waals surface area (Å²) in [6.45, 7) is 0.235.